The second-order valence-electron chi connectivity index (χ2n) is 3.52. The van der Waals surface area contributed by atoms with Crippen LogP contribution in [0.5, 0.6) is 0 Å². The van der Waals surface area contributed by atoms with E-state index in [0.717, 1.165) is 24.1 Å². The van der Waals surface area contributed by atoms with Crippen LogP contribution in [-0.2, 0) is 9.53 Å². The summed E-state index contributed by atoms with van der Waals surface area (Å²) in [7, 11) is 0. The number of hydrogen-bond acceptors (Lipinski definition) is 2. The molecule has 15 heavy (non-hydrogen) atoms. The lowest BCUT2D eigenvalue weighted by Gasteiger charge is -2.34. The Morgan fingerprint density at radius 1 is 1.20 bits per heavy atom. The van der Waals surface area contributed by atoms with Crippen LogP contribution >= 0.6 is 23.2 Å². The molecule has 0 rings (SSSR count). The molecule has 0 unspecified atom stereocenters. The first-order valence-electron chi connectivity index (χ1n) is 5.28. The summed E-state index contributed by atoms with van der Waals surface area (Å²) in [5, 5.41) is 0. The van der Waals surface area contributed by atoms with Gasteiger partial charge in [0.2, 0.25) is 0 Å². The summed E-state index contributed by atoms with van der Waals surface area (Å²) in [6.07, 6.45) is 0. The molecule has 0 radical (unpaired) electrons. The summed E-state index contributed by atoms with van der Waals surface area (Å²) in [6, 6.07) is 0. The van der Waals surface area contributed by atoms with Gasteiger partial charge in [-0.25, -0.2) is 4.79 Å². The minimum atomic E-state index is -0.638. The quantitative estimate of drug-likeness (QED) is 0.397. The number of hydrogen-bond donors (Lipinski definition) is 0. The molecule has 90 valence electrons. The number of halogens is 2. The van der Waals surface area contributed by atoms with E-state index in [4.69, 9.17) is 27.9 Å². The first kappa shape index (κ1) is 15.0. The van der Waals surface area contributed by atoms with Crippen LogP contribution in [0.4, 0.5) is 0 Å². The third-order valence-electron chi connectivity index (χ3n) is 2.85. The summed E-state index contributed by atoms with van der Waals surface area (Å²) in [5.74, 6) is -0.230. The SMILES string of the molecule is CC[N+](CC)(CC)CC(=O)OCC(Cl)Cl. The van der Waals surface area contributed by atoms with Gasteiger partial charge in [0, 0.05) is 0 Å². The predicted molar refractivity (Wildman–Crippen MR) is 63.2 cm³/mol. The van der Waals surface area contributed by atoms with Crippen molar-refractivity contribution in [1.29, 1.82) is 0 Å². The summed E-state index contributed by atoms with van der Waals surface area (Å²) in [5.41, 5.74) is 0. The van der Waals surface area contributed by atoms with E-state index in [2.05, 4.69) is 20.8 Å². The van der Waals surface area contributed by atoms with E-state index in [1.165, 1.54) is 0 Å². The largest absolute Gasteiger partial charge is 0.459 e. The second kappa shape index (κ2) is 7.31. The molecule has 0 aliphatic heterocycles. The highest BCUT2D eigenvalue weighted by Gasteiger charge is 2.25. The Labute approximate surface area is 102 Å². The van der Waals surface area contributed by atoms with Crippen molar-refractivity contribution < 1.29 is 14.0 Å². The number of likely N-dealkylation sites (N-methyl/N-ethyl adjacent to an activating group) is 1. The van der Waals surface area contributed by atoms with Gasteiger partial charge in [0.25, 0.3) is 0 Å². The number of carbonyl (C=O) groups excluding carboxylic acids is 1. The molecule has 0 aliphatic carbocycles. The first-order chi connectivity index (χ1) is 6.99. The van der Waals surface area contributed by atoms with Crippen molar-refractivity contribution in [2.75, 3.05) is 32.8 Å². The van der Waals surface area contributed by atoms with Gasteiger partial charge >= 0.3 is 5.97 Å². The molecule has 0 aliphatic rings. The number of rotatable bonds is 7. The van der Waals surface area contributed by atoms with Gasteiger partial charge < -0.3 is 9.22 Å². The maximum Gasteiger partial charge on any atom is 0.361 e. The minimum Gasteiger partial charge on any atom is -0.459 e. The van der Waals surface area contributed by atoms with Crippen LogP contribution in [0, 0.1) is 0 Å². The van der Waals surface area contributed by atoms with E-state index in [1.54, 1.807) is 0 Å². The molecule has 0 heterocycles. The van der Waals surface area contributed by atoms with Crippen LogP contribution < -0.4 is 0 Å². The molecule has 0 saturated heterocycles. The lowest BCUT2D eigenvalue weighted by molar-refractivity contribution is -0.916. The van der Waals surface area contributed by atoms with Crippen molar-refractivity contribution in [3.05, 3.63) is 0 Å². The normalized spacial score (nSPS) is 11.9. The summed E-state index contributed by atoms with van der Waals surface area (Å²) >= 11 is 11.0. The zero-order valence-corrected chi connectivity index (χ0v) is 11.1. The molecule has 0 N–H and O–H groups in total. The van der Waals surface area contributed by atoms with Crippen LogP contribution in [0.1, 0.15) is 20.8 Å². The molecule has 0 bridgehead atoms. The Bertz CT molecular complexity index is 186. The zero-order valence-electron chi connectivity index (χ0n) is 9.63. The molecular formula is C10H20Cl2NO2+. The van der Waals surface area contributed by atoms with Crippen LogP contribution in [0.2, 0.25) is 0 Å². The van der Waals surface area contributed by atoms with Gasteiger partial charge in [-0.1, -0.05) is 0 Å². The van der Waals surface area contributed by atoms with E-state index in [0.29, 0.717) is 6.54 Å². The molecule has 3 nitrogen and oxygen atoms in total. The van der Waals surface area contributed by atoms with E-state index in [9.17, 15) is 4.79 Å². The van der Waals surface area contributed by atoms with Gasteiger partial charge in [-0.05, 0) is 20.8 Å². The summed E-state index contributed by atoms with van der Waals surface area (Å²) < 4.78 is 5.69. The minimum absolute atomic E-state index is 0.0685. The van der Waals surface area contributed by atoms with Crippen LogP contribution in [0.3, 0.4) is 0 Å². The van der Waals surface area contributed by atoms with Crippen LogP contribution in [0.25, 0.3) is 0 Å². The number of nitrogens with zero attached hydrogens (tertiary/aromatic N) is 1. The maximum absolute atomic E-state index is 11.5. The molecule has 0 atom stereocenters. The summed E-state index contributed by atoms with van der Waals surface area (Å²) in [6.45, 7) is 9.46. The third kappa shape index (κ3) is 5.59. The van der Waals surface area contributed by atoms with Crippen molar-refractivity contribution >= 4 is 29.2 Å². The van der Waals surface area contributed by atoms with Gasteiger partial charge in [-0.15, -0.1) is 23.2 Å². The predicted octanol–water partition coefficient (Wildman–Crippen LogP) is 2.21. The highest BCUT2D eigenvalue weighted by molar-refractivity contribution is 6.44. The Hall–Kier alpha value is 0.01000. The Balaban J connectivity index is 4.11. The van der Waals surface area contributed by atoms with Gasteiger partial charge in [-0.2, -0.15) is 0 Å². The highest BCUT2D eigenvalue weighted by atomic mass is 35.5. The van der Waals surface area contributed by atoms with Crippen molar-refractivity contribution in [3.8, 4) is 0 Å². The first-order valence-corrected chi connectivity index (χ1v) is 6.15. The third-order valence-corrected chi connectivity index (χ3v) is 3.10. The zero-order chi connectivity index (χ0) is 11.9. The topological polar surface area (TPSA) is 26.3 Å². The molecule has 0 aromatic heterocycles. The molecule has 0 fully saturated rings. The molecule has 0 aromatic carbocycles. The monoisotopic (exact) mass is 256 g/mol. The Morgan fingerprint density at radius 3 is 2.00 bits per heavy atom. The van der Waals surface area contributed by atoms with E-state index in [1.807, 2.05) is 0 Å². The number of ether oxygens (including phenoxy) is 1. The Morgan fingerprint density at radius 2 is 1.67 bits per heavy atom. The molecular weight excluding hydrogens is 237 g/mol. The van der Waals surface area contributed by atoms with Crippen LogP contribution in [0.15, 0.2) is 0 Å². The smallest absolute Gasteiger partial charge is 0.361 e. The molecule has 0 saturated carbocycles. The van der Waals surface area contributed by atoms with Crippen LogP contribution in [-0.4, -0.2) is 48.1 Å². The molecule has 0 amide bonds. The average molecular weight is 257 g/mol. The summed E-state index contributed by atoms with van der Waals surface area (Å²) in [4.78, 5) is 10.8. The fraction of sp³-hybridized carbons (Fsp3) is 0.900. The molecule has 0 spiro atoms. The fourth-order valence-corrected chi connectivity index (χ4v) is 1.61. The van der Waals surface area contributed by atoms with E-state index < -0.39 is 4.84 Å². The second-order valence-corrected chi connectivity index (χ2v) is 4.80. The van der Waals surface area contributed by atoms with Crippen molar-refractivity contribution in [2.24, 2.45) is 0 Å². The van der Waals surface area contributed by atoms with E-state index >= 15 is 0 Å². The molecule has 5 heteroatoms. The van der Waals surface area contributed by atoms with Gasteiger partial charge in [0.05, 0.1) is 19.6 Å². The van der Waals surface area contributed by atoms with Gasteiger partial charge in [-0.3, -0.25) is 0 Å². The lowest BCUT2D eigenvalue weighted by Crippen LogP contribution is -2.51. The van der Waals surface area contributed by atoms with Gasteiger partial charge in [0.15, 0.2) is 6.54 Å². The average Bonchev–Trinajstić information content (AvgIpc) is 2.23. The van der Waals surface area contributed by atoms with E-state index in [-0.39, 0.29) is 12.6 Å². The molecule has 0 aromatic rings. The van der Waals surface area contributed by atoms with Crippen molar-refractivity contribution in [3.63, 3.8) is 0 Å². The van der Waals surface area contributed by atoms with Crippen molar-refractivity contribution in [1.82, 2.24) is 0 Å². The highest BCUT2D eigenvalue weighted by Crippen LogP contribution is 2.07. The Kier molecular flexibility index (Phi) is 7.32. The lowest BCUT2D eigenvalue weighted by atomic mass is 10.3. The number of carbonyl (C=O) groups is 1. The fourth-order valence-electron chi connectivity index (χ4n) is 1.48. The number of alkyl halides is 2. The maximum atomic E-state index is 11.5. The number of quaternary nitrogens is 1. The van der Waals surface area contributed by atoms with Gasteiger partial charge in [0.1, 0.15) is 11.4 Å². The standard InChI is InChI=1S/C10H20Cl2NO2/c1-4-13(5-2,6-3)7-10(14)15-8-9(11)12/h9H,4-8H2,1-3H3/q+1. The van der Waals surface area contributed by atoms with Crippen molar-refractivity contribution in [2.45, 2.75) is 25.6 Å². The number of esters is 1.